The number of nitriles is 1. The second-order valence-electron chi connectivity index (χ2n) is 7.98. The number of aromatic nitrogens is 1. The molecule has 1 aromatic heterocycles. The molecule has 32 heavy (non-hydrogen) atoms. The lowest BCUT2D eigenvalue weighted by atomic mass is 9.94. The topological polar surface area (TPSA) is 69.0 Å². The number of fused-ring (bicyclic) bond motifs is 1. The minimum atomic E-state index is -4.41. The van der Waals surface area contributed by atoms with Crippen molar-refractivity contribution in [3.8, 4) is 6.07 Å². The predicted octanol–water partition coefficient (Wildman–Crippen LogP) is 5.29. The molecule has 3 aromatic rings. The van der Waals surface area contributed by atoms with Gasteiger partial charge in [-0.05, 0) is 56.2 Å². The molecule has 0 bridgehead atoms. The van der Waals surface area contributed by atoms with Crippen LogP contribution in [0.5, 0.6) is 0 Å². The molecule has 1 aliphatic heterocycles. The second kappa shape index (κ2) is 8.50. The molecule has 1 N–H and O–H groups in total. The Labute approximate surface area is 183 Å². The first-order valence-corrected chi connectivity index (χ1v) is 10.3. The van der Waals surface area contributed by atoms with Crippen LogP contribution in [0.3, 0.4) is 0 Å². The van der Waals surface area contributed by atoms with Gasteiger partial charge in [0, 0.05) is 36.3 Å². The van der Waals surface area contributed by atoms with E-state index in [2.05, 4.69) is 21.3 Å². The minimum Gasteiger partial charge on any atom is -0.370 e. The van der Waals surface area contributed by atoms with Gasteiger partial charge in [0.15, 0.2) is 0 Å². The van der Waals surface area contributed by atoms with Crippen LogP contribution in [0.4, 0.5) is 24.5 Å². The summed E-state index contributed by atoms with van der Waals surface area (Å²) in [5, 5.41) is 13.2. The molecule has 8 heteroatoms. The lowest BCUT2D eigenvalue weighted by Gasteiger charge is -2.34. The number of nitrogens with zero attached hydrogens (tertiary/aromatic N) is 3. The number of hydrogen-bond acceptors (Lipinski definition) is 4. The van der Waals surface area contributed by atoms with E-state index in [1.807, 2.05) is 25.1 Å². The maximum atomic E-state index is 12.7. The number of rotatable bonds is 3. The van der Waals surface area contributed by atoms with Crippen LogP contribution in [-0.4, -0.2) is 24.0 Å². The normalized spacial score (nSPS) is 14.9. The molecule has 1 fully saturated rings. The van der Waals surface area contributed by atoms with Gasteiger partial charge < -0.3 is 10.2 Å². The van der Waals surface area contributed by atoms with Gasteiger partial charge in [0.25, 0.3) is 0 Å². The average Bonchev–Trinajstić information content (AvgIpc) is 2.78. The van der Waals surface area contributed by atoms with Crippen molar-refractivity contribution in [2.75, 3.05) is 23.3 Å². The summed E-state index contributed by atoms with van der Waals surface area (Å²) in [5.74, 6) is -0.464. The van der Waals surface area contributed by atoms with Crippen LogP contribution in [0.2, 0.25) is 0 Å². The summed E-state index contributed by atoms with van der Waals surface area (Å²) in [6.07, 6.45) is -1.68. The minimum absolute atomic E-state index is 0.208. The molecular weight excluding hydrogens is 417 g/mol. The Morgan fingerprint density at radius 1 is 1.16 bits per heavy atom. The predicted molar refractivity (Wildman–Crippen MR) is 116 cm³/mol. The number of hydrogen-bond donors (Lipinski definition) is 1. The van der Waals surface area contributed by atoms with Gasteiger partial charge in [-0.25, -0.2) is 0 Å². The van der Waals surface area contributed by atoms with Crippen molar-refractivity contribution in [2.24, 2.45) is 5.92 Å². The van der Waals surface area contributed by atoms with E-state index in [0.29, 0.717) is 37.2 Å². The summed E-state index contributed by atoms with van der Waals surface area (Å²) in [4.78, 5) is 19.1. The van der Waals surface area contributed by atoms with Crippen LogP contribution < -0.4 is 10.2 Å². The molecule has 2 heterocycles. The van der Waals surface area contributed by atoms with Gasteiger partial charge in [-0.3, -0.25) is 9.78 Å². The summed E-state index contributed by atoms with van der Waals surface area (Å²) < 4.78 is 38.1. The Morgan fingerprint density at radius 3 is 2.47 bits per heavy atom. The zero-order valence-corrected chi connectivity index (χ0v) is 17.4. The van der Waals surface area contributed by atoms with Crippen LogP contribution >= 0.6 is 0 Å². The molecule has 0 unspecified atom stereocenters. The fraction of sp³-hybridized carbons (Fsp3) is 0.292. The molecule has 1 saturated heterocycles. The summed E-state index contributed by atoms with van der Waals surface area (Å²) >= 11 is 0. The van der Waals surface area contributed by atoms with E-state index in [1.165, 1.54) is 12.1 Å². The Hall–Kier alpha value is -3.60. The van der Waals surface area contributed by atoms with Crippen LogP contribution in [0.15, 0.2) is 48.7 Å². The highest BCUT2D eigenvalue weighted by atomic mass is 19.4. The molecule has 0 saturated carbocycles. The number of pyridine rings is 1. The van der Waals surface area contributed by atoms with Crippen molar-refractivity contribution in [3.05, 3.63) is 65.4 Å². The number of nitrogens with one attached hydrogen (secondary N) is 1. The number of aryl methyl sites for hydroxylation is 1. The molecule has 0 aliphatic carbocycles. The van der Waals surface area contributed by atoms with Gasteiger partial charge in [0.1, 0.15) is 6.07 Å². The molecule has 5 nitrogen and oxygen atoms in total. The zero-order valence-electron chi connectivity index (χ0n) is 17.4. The Balaban J connectivity index is 1.46. The van der Waals surface area contributed by atoms with E-state index in [1.54, 1.807) is 6.20 Å². The van der Waals surface area contributed by atoms with Gasteiger partial charge in [-0.2, -0.15) is 18.4 Å². The second-order valence-corrected chi connectivity index (χ2v) is 7.98. The van der Waals surface area contributed by atoms with E-state index in [-0.39, 0.29) is 11.8 Å². The maximum absolute atomic E-state index is 12.7. The van der Waals surface area contributed by atoms with Crippen molar-refractivity contribution in [2.45, 2.75) is 25.9 Å². The van der Waals surface area contributed by atoms with E-state index >= 15 is 0 Å². The summed E-state index contributed by atoms with van der Waals surface area (Å²) in [6.45, 7) is 3.17. The van der Waals surface area contributed by atoms with E-state index in [4.69, 9.17) is 0 Å². The first-order chi connectivity index (χ1) is 15.3. The van der Waals surface area contributed by atoms with Crippen molar-refractivity contribution in [1.82, 2.24) is 4.98 Å². The molecule has 4 rings (SSSR count). The highest BCUT2D eigenvalue weighted by Gasteiger charge is 2.30. The molecule has 1 amide bonds. The number of carbonyl (C=O) groups excluding carboxylic acids is 1. The number of halogens is 3. The molecule has 1 aliphatic rings. The van der Waals surface area contributed by atoms with E-state index in [9.17, 15) is 23.2 Å². The lowest BCUT2D eigenvalue weighted by molar-refractivity contribution is -0.137. The number of anilines is 2. The van der Waals surface area contributed by atoms with Gasteiger partial charge >= 0.3 is 6.18 Å². The lowest BCUT2D eigenvalue weighted by Crippen LogP contribution is -2.38. The molecule has 0 radical (unpaired) electrons. The summed E-state index contributed by atoms with van der Waals surface area (Å²) in [6, 6.07) is 12.6. The molecule has 164 valence electrons. The SMILES string of the molecule is Cc1ccc2ncc(C#N)c(N3CCC(C(=O)Nc4ccc(C(F)(F)F)cc4)CC3)c2c1. The third kappa shape index (κ3) is 4.37. The van der Waals surface area contributed by atoms with Crippen molar-refractivity contribution >= 4 is 28.2 Å². The van der Waals surface area contributed by atoms with Crippen LogP contribution in [0.1, 0.15) is 29.5 Å². The monoisotopic (exact) mass is 438 g/mol. The van der Waals surface area contributed by atoms with Crippen LogP contribution in [0, 0.1) is 24.2 Å². The van der Waals surface area contributed by atoms with Crippen molar-refractivity contribution in [1.29, 1.82) is 5.26 Å². The van der Waals surface area contributed by atoms with Crippen LogP contribution in [0.25, 0.3) is 10.9 Å². The third-order valence-electron chi connectivity index (χ3n) is 5.78. The van der Waals surface area contributed by atoms with Gasteiger partial charge in [-0.15, -0.1) is 0 Å². The summed E-state index contributed by atoms with van der Waals surface area (Å²) in [5.41, 5.74) is 2.80. The Kier molecular flexibility index (Phi) is 5.74. The molecular formula is C24H21F3N4O. The number of amides is 1. The number of carbonyl (C=O) groups is 1. The number of benzene rings is 2. The molecule has 2 aromatic carbocycles. The standard InChI is InChI=1S/C24H21F3N4O/c1-15-2-7-21-20(12-15)22(17(13-28)14-29-21)31-10-8-16(9-11-31)23(32)30-19-5-3-18(4-6-19)24(25,26)27/h2-7,12,14,16H,8-11H2,1H3,(H,30,32). The number of piperidine rings is 1. The zero-order chi connectivity index (χ0) is 22.9. The smallest absolute Gasteiger partial charge is 0.370 e. The van der Waals surface area contributed by atoms with Gasteiger partial charge in [0.05, 0.1) is 22.3 Å². The first-order valence-electron chi connectivity index (χ1n) is 10.3. The fourth-order valence-corrected chi connectivity index (χ4v) is 4.07. The maximum Gasteiger partial charge on any atom is 0.416 e. The van der Waals surface area contributed by atoms with Crippen LogP contribution in [-0.2, 0) is 11.0 Å². The Morgan fingerprint density at radius 2 is 1.84 bits per heavy atom. The first kappa shape index (κ1) is 21.6. The molecule has 0 atom stereocenters. The quantitative estimate of drug-likeness (QED) is 0.603. The number of alkyl halides is 3. The largest absolute Gasteiger partial charge is 0.416 e. The van der Waals surface area contributed by atoms with Gasteiger partial charge in [0.2, 0.25) is 5.91 Å². The third-order valence-corrected chi connectivity index (χ3v) is 5.78. The molecule has 0 spiro atoms. The van der Waals surface area contributed by atoms with Gasteiger partial charge in [-0.1, -0.05) is 11.6 Å². The highest BCUT2D eigenvalue weighted by molar-refractivity contribution is 5.95. The summed E-state index contributed by atoms with van der Waals surface area (Å²) in [7, 11) is 0. The van der Waals surface area contributed by atoms with Crippen molar-refractivity contribution < 1.29 is 18.0 Å². The Bertz CT molecular complexity index is 1190. The highest BCUT2D eigenvalue weighted by Crippen LogP contribution is 2.34. The van der Waals surface area contributed by atoms with E-state index < -0.39 is 11.7 Å². The van der Waals surface area contributed by atoms with E-state index in [0.717, 1.165) is 34.3 Å². The average molecular weight is 438 g/mol. The fourth-order valence-electron chi connectivity index (χ4n) is 4.07. The van der Waals surface area contributed by atoms with Crippen molar-refractivity contribution in [3.63, 3.8) is 0 Å².